The SMILES string of the molecule is COc1cccc(/C=C2/SC(=O)N(CC(=O)N3CCc4ccccc4C3)C2=O)c1. The number of benzene rings is 2. The van der Waals surface area contributed by atoms with E-state index in [0.29, 0.717) is 23.7 Å². The Kier molecular flexibility index (Phi) is 5.40. The summed E-state index contributed by atoms with van der Waals surface area (Å²) in [5, 5.41) is -0.421. The van der Waals surface area contributed by atoms with E-state index in [1.807, 2.05) is 30.3 Å². The van der Waals surface area contributed by atoms with Gasteiger partial charge in [0.15, 0.2) is 0 Å². The maximum Gasteiger partial charge on any atom is 0.294 e. The molecule has 2 aromatic rings. The predicted molar refractivity (Wildman–Crippen MR) is 111 cm³/mol. The van der Waals surface area contributed by atoms with Crippen LogP contribution < -0.4 is 4.74 Å². The molecule has 1 fully saturated rings. The van der Waals surface area contributed by atoms with Crippen LogP contribution in [0.25, 0.3) is 6.08 Å². The molecule has 0 aromatic heterocycles. The molecule has 0 bridgehead atoms. The summed E-state index contributed by atoms with van der Waals surface area (Å²) in [4.78, 5) is 40.8. The van der Waals surface area contributed by atoms with Crippen molar-refractivity contribution < 1.29 is 19.1 Å². The number of rotatable bonds is 4. The number of methoxy groups -OCH3 is 1. The van der Waals surface area contributed by atoms with Crippen molar-refractivity contribution in [2.45, 2.75) is 13.0 Å². The van der Waals surface area contributed by atoms with Crippen molar-refractivity contribution in [3.05, 3.63) is 70.1 Å². The molecule has 0 unspecified atom stereocenters. The number of amides is 3. The average molecular weight is 408 g/mol. The average Bonchev–Trinajstić information content (AvgIpc) is 3.00. The summed E-state index contributed by atoms with van der Waals surface area (Å²) in [6.45, 7) is 0.860. The topological polar surface area (TPSA) is 66.9 Å². The largest absolute Gasteiger partial charge is 0.497 e. The van der Waals surface area contributed by atoms with Crippen LogP contribution in [0.5, 0.6) is 5.75 Å². The van der Waals surface area contributed by atoms with Gasteiger partial charge >= 0.3 is 0 Å². The fourth-order valence-electron chi connectivity index (χ4n) is 3.46. The van der Waals surface area contributed by atoms with Crippen molar-refractivity contribution >= 4 is 34.9 Å². The Morgan fingerprint density at radius 1 is 1.14 bits per heavy atom. The molecule has 0 spiro atoms. The van der Waals surface area contributed by atoms with Gasteiger partial charge < -0.3 is 9.64 Å². The zero-order chi connectivity index (χ0) is 20.4. The molecule has 0 atom stereocenters. The molecule has 2 aromatic carbocycles. The molecule has 2 aliphatic heterocycles. The molecule has 2 aliphatic rings. The predicted octanol–water partition coefficient (Wildman–Crippen LogP) is 3.32. The summed E-state index contributed by atoms with van der Waals surface area (Å²) >= 11 is 0.854. The van der Waals surface area contributed by atoms with Gasteiger partial charge in [-0.3, -0.25) is 19.3 Å². The van der Waals surface area contributed by atoms with Crippen LogP contribution in [0.1, 0.15) is 16.7 Å². The third-order valence-corrected chi connectivity index (χ3v) is 5.95. The highest BCUT2D eigenvalue weighted by Gasteiger charge is 2.37. The smallest absolute Gasteiger partial charge is 0.294 e. The number of fused-ring (bicyclic) bond motifs is 1. The minimum Gasteiger partial charge on any atom is -0.497 e. The van der Waals surface area contributed by atoms with Crippen LogP contribution in [0.4, 0.5) is 4.79 Å². The van der Waals surface area contributed by atoms with Crippen LogP contribution >= 0.6 is 11.8 Å². The first-order valence-electron chi connectivity index (χ1n) is 9.29. The van der Waals surface area contributed by atoms with Crippen molar-refractivity contribution in [2.24, 2.45) is 0 Å². The number of ether oxygens (including phenoxy) is 1. The monoisotopic (exact) mass is 408 g/mol. The normalized spacial score (nSPS) is 17.6. The summed E-state index contributed by atoms with van der Waals surface area (Å²) in [5.41, 5.74) is 3.11. The van der Waals surface area contributed by atoms with Gasteiger partial charge in [0.25, 0.3) is 11.1 Å². The van der Waals surface area contributed by atoms with Crippen LogP contribution in [0.2, 0.25) is 0 Å². The summed E-state index contributed by atoms with van der Waals surface area (Å²) in [6, 6.07) is 15.2. The number of hydrogen-bond acceptors (Lipinski definition) is 5. The Morgan fingerprint density at radius 2 is 1.93 bits per heavy atom. The minimum atomic E-state index is -0.437. The van der Waals surface area contributed by atoms with Gasteiger partial charge in [0.05, 0.1) is 12.0 Å². The van der Waals surface area contributed by atoms with Crippen LogP contribution in [-0.4, -0.2) is 47.1 Å². The van der Waals surface area contributed by atoms with E-state index >= 15 is 0 Å². The van der Waals surface area contributed by atoms with Crippen LogP contribution in [0.15, 0.2) is 53.4 Å². The highest BCUT2D eigenvalue weighted by molar-refractivity contribution is 8.18. The molecule has 0 saturated carbocycles. The molecule has 1 saturated heterocycles. The van der Waals surface area contributed by atoms with Crippen molar-refractivity contribution in [3.8, 4) is 5.75 Å². The molecule has 4 rings (SSSR count). The fraction of sp³-hybridized carbons (Fsp3) is 0.227. The van der Waals surface area contributed by atoms with E-state index in [2.05, 4.69) is 6.07 Å². The lowest BCUT2D eigenvalue weighted by Gasteiger charge is -2.29. The Bertz CT molecular complexity index is 1020. The van der Waals surface area contributed by atoms with Gasteiger partial charge in [0, 0.05) is 13.1 Å². The molecule has 3 amide bonds. The lowest BCUT2D eigenvalue weighted by atomic mass is 10.00. The van der Waals surface area contributed by atoms with Crippen molar-refractivity contribution in [1.29, 1.82) is 0 Å². The molecular weight excluding hydrogens is 388 g/mol. The lowest BCUT2D eigenvalue weighted by Crippen LogP contribution is -2.44. The summed E-state index contributed by atoms with van der Waals surface area (Å²) in [6.07, 6.45) is 2.43. The van der Waals surface area contributed by atoms with Gasteiger partial charge in [-0.25, -0.2) is 0 Å². The molecule has 0 N–H and O–H groups in total. The van der Waals surface area contributed by atoms with Crippen molar-refractivity contribution in [2.75, 3.05) is 20.2 Å². The first kappa shape index (κ1) is 19.3. The Hall–Kier alpha value is -3.06. The highest BCUT2D eigenvalue weighted by Crippen LogP contribution is 2.32. The van der Waals surface area contributed by atoms with Gasteiger partial charge in [0.1, 0.15) is 12.3 Å². The van der Waals surface area contributed by atoms with E-state index < -0.39 is 11.1 Å². The van der Waals surface area contributed by atoms with Gasteiger partial charge in [-0.15, -0.1) is 0 Å². The zero-order valence-electron chi connectivity index (χ0n) is 16.0. The Morgan fingerprint density at radius 3 is 2.72 bits per heavy atom. The van der Waals surface area contributed by atoms with E-state index in [9.17, 15) is 14.4 Å². The maximum absolute atomic E-state index is 12.7. The molecule has 0 aliphatic carbocycles. The van der Waals surface area contributed by atoms with E-state index in [1.165, 1.54) is 5.56 Å². The van der Waals surface area contributed by atoms with Crippen LogP contribution in [0.3, 0.4) is 0 Å². The number of carbonyl (C=O) groups is 3. The minimum absolute atomic E-state index is 0.218. The van der Waals surface area contributed by atoms with Crippen LogP contribution in [-0.2, 0) is 22.6 Å². The molecular formula is C22H20N2O4S. The number of hydrogen-bond donors (Lipinski definition) is 0. The number of nitrogens with zero attached hydrogens (tertiary/aromatic N) is 2. The second-order valence-corrected chi connectivity index (χ2v) is 7.87. The fourth-order valence-corrected chi connectivity index (χ4v) is 4.30. The molecule has 29 heavy (non-hydrogen) atoms. The van der Waals surface area contributed by atoms with Crippen molar-refractivity contribution in [3.63, 3.8) is 0 Å². The third-order valence-electron chi connectivity index (χ3n) is 5.04. The lowest BCUT2D eigenvalue weighted by molar-refractivity contribution is -0.136. The third kappa shape index (κ3) is 4.05. The summed E-state index contributed by atoms with van der Waals surface area (Å²) < 4.78 is 5.18. The van der Waals surface area contributed by atoms with Gasteiger partial charge in [-0.2, -0.15) is 0 Å². The standard InChI is InChI=1S/C22H20N2O4S/c1-28-18-8-4-5-15(11-18)12-19-21(26)24(22(27)29-19)14-20(25)23-10-9-16-6-2-3-7-17(16)13-23/h2-8,11-12H,9-10,13-14H2,1H3/b19-12+. The van der Waals surface area contributed by atoms with Crippen LogP contribution in [0, 0.1) is 0 Å². The Labute approximate surface area is 173 Å². The number of carbonyl (C=O) groups excluding carboxylic acids is 3. The second-order valence-electron chi connectivity index (χ2n) is 6.88. The summed E-state index contributed by atoms with van der Waals surface area (Å²) in [5.74, 6) is 0.0107. The molecule has 0 radical (unpaired) electrons. The maximum atomic E-state index is 12.7. The zero-order valence-corrected chi connectivity index (χ0v) is 16.8. The van der Waals surface area contributed by atoms with E-state index in [-0.39, 0.29) is 12.5 Å². The second kappa shape index (κ2) is 8.13. The van der Waals surface area contributed by atoms with E-state index in [1.54, 1.807) is 30.2 Å². The first-order valence-corrected chi connectivity index (χ1v) is 10.1. The highest BCUT2D eigenvalue weighted by atomic mass is 32.2. The van der Waals surface area contributed by atoms with Gasteiger partial charge in [-0.1, -0.05) is 36.4 Å². The number of imide groups is 1. The van der Waals surface area contributed by atoms with Gasteiger partial charge in [-0.05, 0) is 53.1 Å². The molecule has 6 nitrogen and oxygen atoms in total. The number of thioether (sulfide) groups is 1. The molecule has 2 heterocycles. The Balaban J connectivity index is 1.45. The molecule has 7 heteroatoms. The molecule has 148 valence electrons. The van der Waals surface area contributed by atoms with E-state index in [0.717, 1.165) is 34.2 Å². The van der Waals surface area contributed by atoms with Crippen molar-refractivity contribution in [1.82, 2.24) is 9.80 Å². The van der Waals surface area contributed by atoms with E-state index in [4.69, 9.17) is 4.74 Å². The first-order chi connectivity index (χ1) is 14.0. The quantitative estimate of drug-likeness (QED) is 0.726. The van der Waals surface area contributed by atoms with Gasteiger partial charge in [0.2, 0.25) is 5.91 Å². The summed E-state index contributed by atoms with van der Waals surface area (Å²) in [7, 11) is 1.57.